The summed E-state index contributed by atoms with van der Waals surface area (Å²) in [4.78, 5) is 27.7. The summed E-state index contributed by atoms with van der Waals surface area (Å²) in [5, 5.41) is 2.91. The number of anilines is 1. The van der Waals surface area contributed by atoms with E-state index in [0.717, 1.165) is 31.6 Å². The highest BCUT2D eigenvalue weighted by Crippen LogP contribution is 2.22. The molecule has 0 radical (unpaired) electrons. The largest absolute Gasteiger partial charge is 0.352 e. The number of rotatable bonds is 6. The Bertz CT molecular complexity index is 514. The second-order valence-corrected chi connectivity index (χ2v) is 5.61. The Morgan fingerprint density at radius 3 is 2.86 bits per heavy atom. The first-order valence-electron chi connectivity index (χ1n) is 7.41. The van der Waals surface area contributed by atoms with E-state index in [1.807, 2.05) is 26.2 Å². The van der Waals surface area contributed by atoms with Crippen LogP contribution in [-0.2, 0) is 4.79 Å². The van der Waals surface area contributed by atoms with Crippen molar-refractivity contribution >= 4 is 17.5 Å². The molecule has 1 heterocycles. The van der Waals surface area contributed by atoms with E-state index in [1.54, 1.807) is 17.0 Å². The van der Waals surface area contributed by atoms with E-state index >= 15 is 0 Å². The second kappa shape index (κ2) is 7.22. The lowest BCUT2D eigenvalue weighted by Crippen LogP contribution is -2.28. The normalized spacial score (nSPS) is 14.8. The van der Waals surface area contributed by atoms with Crippen molar-refractivity contribution in [2.24, 2.45) is 0 Å². The summed E-state index contributed by atoms with van der Waals surface area (Å²) in [5.74, 6) is 0.0563. The van der Waals surface area contributed by atoms with E-state index in [9.17, 15) is 9.59 Å². The van der Waals surface area contributed by atoms with E-state index in [2.05, 4.69) is 10.2 Å². The molecule has 5 nitrogen and oxygen atoms in total. The molecular weight excluding hydrogens is 266 g/mol. The molecule has 1 N–H and O–H groups in total. The predicted molar refractivity (Wildman–Crippen MR) is 83.5 cm³/mol. The molecule has 0 unspecified atom stereocenters. The lowest BCUT2D eigenvalue weighted by molar-refractivity contribution is -0.117. The summed E-state index contributed by atoms with van der Waals surface area (Å²) in [5.41, 5.74) is 1.43. The highest BCUT2D eigenvalue weighted by molar-refractivity contribution is 5.99. The molecule has 21 heavy (non-hydrogen) atoms. The van der Waals surface area contributed by atoms with Gasteiger partial charge in [-0.3, -0.25) is 9.59 Å². The van der Waals surface area contributed by atoms with Gasteiger partial charge in [0.05, 0.1) is 0 Å². The summed E-state index contributed by atoms with van der Waals surface area (Å²) in [7, 11) is 4.02. The number of amides is 2. The van der Waals surface area contributed by atoms with Crippen LogP contribution in [-0.4, -0.2) is 50.4 Å². The maximum Gasteiger partial charge on any atom is 0.251 e. The number of hydrogen-bond donors (Lipinski definition) is 1. The van der Waals surface area contributed by atoms with Crippen LogP contribution in [0.4, 0.5) is 5.69 Å². The summed E-state index contributed by atoms with van der Waals surface area (Å²) in [6.07, 6.45) is 2.41. The third kappa shape index (κ3) is 4.29. The lowest BCUT2D eigenvalue weighted by Gasteiger charge is -2.16. The number of nitrogens with zero attached hydrogens (tertiary/aromatic N) is 2. The first-order chi connectivity index (χ1) is 10.1. The van der Waals surface area contributed by atoms with Crippen molar-refractivity contribution in [2.45, 2.75) is 19.3 Å². The molecule has 1 aliphatic heterocycles. The first-order valence-corrected chi connectivity index (χ1v) is 7.41. The van der Waals surface area contributed by atoms with E-state index in [-0.39, 0.29) is 11.8 Å². The van der Waals surface area contributed by atoms with Crippen LogP contribution in [0.3, 0.4) is 0 Å². The van der Waals surface area contributed by atoms with Crippen LogP contribution in [0.25, 0.3) is 0 Å². The maximum absolute atomic E-state index is 12.1. The third-order valence-corrected chi connectivity index (χ3v) is 3.56. The molecule has 2 rings (SSSR count). The first kappa shape index (κ1) is 15.5. The fourth-order valence-electron chi connectivity index (χ4n) is 2.44. The van der Waals surface area contributed by atoms with Gasteiger partial charge in [-0.1, -0.05) is 6.07 Å². The van der Waals surface area contributed by atoms with Crippen LogP contribution in [0.15, 0.2) is 24.3 Å². The fraction of sp³-hybridized carbons (Fsp3) is 0.500. The van der Waals surface area contributed by atoms with Gasteiger partial charge in [0.1, 0.15) is 0 Å². The molecule has 5 heteroatoms. The Morgan fingerprint density at radius 2 is 2.19 bits per heavy atom. The van der Waals surface area contributed by atoms with Gasteiger partial charge >= 0.3 is 0 Å². The summed E-state index contributed by atoms with van der Waals surface area (Å²) in [6.45, 7) is 2.35. The molecule has 0 aromatic heterocycles. The van der Waals surface area contributed by atoms with Gasteiger partial charge in [-0.15, -0.1) is 0 Å². The quantitative estimate of drug-likeness (QED) is 0.807. The average molecular weight is 289 g/mol. The van der Waals surface area contributed by atoms with Crippen LogP contribution in [0.5, 0.6) is 0 Å². The van der Waals surface area contributed by atoms with Crippen molar-refractivity contribution in [1.29, 1.82) is 0 Å². The van der Waals surface area contributed by atoms with Crippen molar-refractivity contribution in [2.75, 3.05) is 38.6 Å². The Morgan fingerprint density at radius 1 is 1.38 bits per heavy atom. The summed E-state index contributed by atoms with van der Waals surface area (Å²) < 4.78 is 0. The van der Waals surface area contributed by atoms with Gasteiger partial charge < -0.3 is 15.1 Å². The number of carbonyl (C=O) groups excluding carboxylic acids is 2. The van der Waals surface area contributed by atoms with Crippen LogP contribution in [0.2, 0.25) is 0 Å². The van der Waals surface area contributed by atoms with Gasteiger partial charge in [-0.25, -0.2) is 0 Å². The molecule has 1 aliphatic rings. The zero-order valence-electron chi connectivity index (χ0n) is 12.8. The zero-order valence-corrected chi connectivity index (χ0v) is 12.8. The number of carbonyl (C=O) groups is 2. The predicted octanol–water partition coefficient (Wildman–Crippen LogP) is 1.49. The third-order valence-electron chi connectivity index (χ3n) is 3.56. The molecule has 1 aromatic rings. The molecule has 2 amide bonds. The smallest absolute Gasteiger partial charge is 0.251 e. The Kier molecular flexibility index (Phi) is 5.33. The van der Waals surface area contributed by atoms with Crippen LogP contribution >= 0.6 is 0 Å². The Balaban J connectivity index is 1.93. The lowest BCUT2D eigenvalue weighted by atomic mass is 10.1. The maximum atomic E-state index is 12.1. The highest BCUT2D eigenvalue weighted by Gasteiger charge is 2.22. The van der Waals surface area contributed by atoms with Crippen molar-refractivity contribution in [1.82, 2.24) is 10.2 Å². The van der Waals surface area contributed by atoms with Crippen molar-refractivity contribution in [3.63, 3.8) is 0 Å². The zero-order chi connectivity index (χ0) is 15.2. The topological polar surface area (TPSA) is 52.7 Å². The van der Waals surface area contributed by atoms with E-state index < -0.39 is 0 Å². The molecule has 0 aliphatic carbocycles. The molecule has 1 fully saturated rings. The number of benzene rings is 1. The molecular formula is C16H23N3O2. The molecule has 1 aromatic carbocycles. The second-order valence-electron chi connectivity index (χ2n) is 5.61. The molecule has 1 saturated heterocycles. The van der Waals surface area contributed by atoms with Crippen molar-refractivity contribution in [3.8, 4) is 0 Å². The Hall–Kier alpha value is -1.88. The average Bonchev–Trinajstić information content (AvgIpc) is 2.89. The molecule has 114 valence electrons. The van der Waals surface area contributed by atoms with Gasteiger partial charge in [0.15, 0.2) is 0 Å². The van der Waals surface area contributed by atoms with Gasteiger partial charge in [-0.2, -0.15) is 0 Å². The summed E-state index contributed by atoms with van der Waals surface area (Å²) >= 11 is 0. The molecule has 0 atom stereocenters. The Labute approximate surface area is 125 Å². The monoisotopic (exact) mass is 289 g/mol. The summed E-state index contributed by atoms with van der Waals surface area (Å²) in [6, 6.07) is 7.29. The van der Waals surface area contributed by atoms with Crippen molar-refractivity contribution in [3.05, 3.63) is 29.8 Å². The highest BCUT2D eigenvalue weighted by atomic mass is 16.2. The van der Waals surface area contributed by atoms with Gasteiger partial charge in [0.2, 0.25) is 5.91 Å². The van der Waals surface area contributed by atoms with Crippen molar-refractivity contribution < 1.29 is 9.59 Å². The minimum Gasteiger partial charge on any atom is -0.352 e. The standard InChI is InChI=1S/C16H23N3O2/c1-18(2)10-5-9-17-16(21)13-6-3-7-14(12-13)19-11-4-8-15(19)20/h3,6-7,12H,4-5,8-11H2,1-2H3,(H,17,21). The number of nitrogens with one attached hydrogen (secondary N) is 1. The minimum atomic E-state index is -0.0812. The van der Waals surface area contributed by atoms with Crippen LogP contribution in [0.1, 0.15) is 29.6 Å². The van der Waals surface area contributed by atoms with Gasteiger partial charge in [0.25, 0.3) is 5.91 Å². The van der Waals surface area contributed by atoms with Gasteiger partial charge in [0, 0.05) is 30.8 Å². The molecule has 0 spiro atoms. The van der Waals surface area contributed by atoms with E-state index in [0.29, 0.717) is 18.5 Å². The SMILES string of the molecule is CN(C)CCCNC(=O)c1cccc(N2CCCC2=O)c1. The van der Waals surface area contributed by atoms with E-state index in [1.165, 1.54) is 0 Å². The minimum absolute atomic E-state index is 0.0812. The van der Waals surface area contributed by atoms with E-state index in [4.69, 9.17) is 0 Å². The van der Waals surface area contributed by atoms with Crippen LogP contribution < -0.4 is 10.2 Å². The number of hydrogen-bond acceptors (Lipinski definition) is 3. The van der Waals surface area contributed by atoms with Crippen LogP contribution in [0, 0.1) is 0 Å². The molecule has 0 bridgehead atoms. The molecule has 0 saturated carbocycles. The fourth-order valence-corrected chi connectivity index (χ4v) is 2.44. The van der Waals surface area contributed by atoms with Gasteiger partial charge in [-0.05, 0) is 51.7 Å².